The van der Waals surface area contributed by atoms with Gasteiger partial charge >= 0.3 is 0 Å². The molecule has 1 aromatic heterocycles. The highest BCUT2D eigenvalue weighted by atomic mass is 35.5. The second kappa shape index (κ2) is 8.62. The number of nitrogens with zero attached hydrogens (tertiary/aromatic N) is 1. The van der Waals surface area contributed by atoms with Crippen molar-refractivity contribution in [1.82, 2.24) is 4.98 Å². The summed E-state index contributed by atoms with van der Waals surface area (Å²) in [5, 5.41) is 6.24. The highest BCUT2D eigenvalue weighted by molar-refractivity contribution is 7.17. The van der Waals surface area contributed by atoms with Gasteiger partial charge < -0.3 is 5.32 Å². The lowest BCUT2D eigenvalue weighted by Crippen LogP contribution is -2.11. The van der Waals surface area contributed by atoms with Gasteiger partial charge in [0.2, 0.25) is 5.91 Å². The molecule has 0 atom stereocenters. The monoisotopic (exact) mass is 397 g/mol. The quantitative estimate of drug-likeness (QED) is 0.594. The van der Waals surface area contributed by atoms with E-state index in [0.29, 0.717) is 20.7 Å². The molecule has 2 aromatic carbocycles. The van der Waals surface area contributed by atoms with E-state index in [2.05, 4.69) is 15.6 Å². The third kappa shape index (κ3) is 5.03. The maximum Gasteiger partial charge on any atom is 0.267 e. The lowest BCUT2D eigenvalue weighted by Gasteiger charge is -2.08. The minimum absolute atomic E-state index is 0.317. The first kappa shape index (κ1) is 18.8. The molecular weight excluding hydrogens is 382 g/mol. The Morgan fingerprint density at radius 1 is 1.07 bits per heavy atom. The molecule has 0 aliphatic rings. The number of aromatic nitrogens is 1. The molecule has 0 radical (unpaired) electrons. The van der Waals surface area contributed by atoms with Crippen LogP contribution in [0.15, 0.2) is 60.8 Å². The Bertz CT molecular complexity index is 979. The summed E-state index contributed by atoms with van der Waals surface area (Å²) in [6, 6.07) is 14.9. The largest absolute Gasteiger partial charge is 0.320 e. The molecule has 2 N–H and O–H groups in total. The molecule has 3 aromatic rings. The third-order valence-electron chi connectivity index (χ3n) is 3.65. The number of nitrogens with one attached hydrogen (secondary N) is 2. The summed E-state index contributed by atoms with van der Waals surface area (Å²) >= 11 is 7.22. The van der Waals surface area contributed by atoms with Crippen molar-refractivity contribution in [3.63, 3.8) is 0 Å². The lowest BCUT2D eigenvalue weighted by atomic mass is 10.2. The van der Waals surface area contributed by atoms with Gasteiger partial charge in [-0.3, -0.25) is 14.9 Å². The normalized spacial score (nSPS) is 10.7. The molecule has 136 valence electrons. The van der Waals surface area contributed by atoms with Gasteiger partial charge in [0.15, 0.2) is 5.13 Å². The van der Waals surface area contributed by atoms with E-state index < -0.39 is 0 Å². The third-order valence-corrected chi connectivity index (χ3v) is 4.87. The Balaban J connectivity index is 1.63. The first-order valence-corrected chi connectivity index (χ1v) is 9.29. The second-order valence-electron chi connectivity index (χ2n) is 5.65. The van der Waals surface area contributed by atoms with Crippen molar-refractivity contribution in [2.75, 3.05) is 10.6 Å². The number of benzene rings is 2. The number of thiazole rings is 1. The van der Waals surface area contributed by atoms with E-state index in [-0.39, 0.29) is 11.8 Å². The average Bonchev–Trinajstić information content (AvgIpc) is 3.12. The van der Waals surface area contributed by atoms with Crippen molar-refractivity contribution >= 4 is 51.6 Å². The summed E-state index contributed by atoms with van der Waals surface area (Å²) in [6.45, 7) is 1.86. The highest BCUT2D eigenvalue weighted by Gasteiger charge is 2.14. The first-order chi connectivity index (χ1) is 13.0. The van der Waals surface area contributed by atoms with Gasteiger partial charge in [-0.1, -0.05) is 65.4 Å². The van der Waals surface area contributed by atoms with Crippen molar-refractivity contribution in [3.8, 4) is 0 Å². The maximum absolute atomic E-state index is 12.4. The number of para-hydroxylation sites is 1. The van der Waals surface area contributed by atoms with Crippen LogP contribution in [0.5, 0.6) is 0 Å². The molecule has 0 saturated carbocycles. The summed E-state index contributed by atoms with van der Waals surface area (Å²) in [7, 11) is 0. The molecule has 0 spiro atoms. The molecule has 0 bridgehead atoms. The molecule has 2 amide bonds. The van der Waals surface area contributed by atoms with Gasteiger partial charge in [0.1, 0.15) is 4.88 Å². The van der Waals surface area contributed by atoms with Crippen LogP contribution in [0.3, 0.4) is 0 Å². The van der Waals surface area contributed by atoms with Crippen LogP contribution in [0.25, 0.3) is 6.08 Å². The maximum atomic E-state index is 12.4. The number of rotatable bonds is 5. The predicted molar refractivity (Wildman–Crippen MR) is 110 cm³/mol. The molecule has 1 heterocycles. The summed E-state index contributed by atoms with van der Waals surface area (Å²) in [5.74, 6) is -0.647. The Morgan fingerprint density at radius 3 is 2.59 bits per heavy atom. The molecule has 5 nitrogen and oxygen atoms in total. The Labute approximate surface area is 165 Å². The highest BCUT2D eigenvalue weighted by Crippen LogP contribution is 2.27. The first-order valence-electron chi connectivity index (χ1n) is 8.09. The van der Waals surface area contributed by atoms with E-state index in [0.717, 1.165) is 22.5 Å². The fourth-order valence-electron chi connectivity index (χ4n) is 2.29. The van der Waals surface area contributed by atoms with Crippen LogP contribution in [0, 0.1) is 6.92 Å². The molecular formula is C20H16ClN3O2S. The topological polar surface area (TPSA) is 71.1 Å². The Morgan fingerprint density at radius 2 is 1.85 bits per heavy atom. The van der Waals surface area contributed by atoms with Gasteiger partial charge in [-0.15, -0.1) is 0 Å². The number of aryl methyl sites for hydroxylation is 1. The number of carbonyl (C=O) groups excluding carboxylic acids is 2. The Kier molecular flexibility index (Phi) is 6.01. The van der Waals surface area contributed by atoms with Crippen molar-refractivity contribution in [3.05, 3.63) is 81.8 Å². The van der Waals surface area contributed by atoms with Crippen LogP contribution in [-0.2, 0) is 4.79 Å². The van der Waals surface area contributed by atoms with Crippen molar-refractivity contribution in [2.45, 2.75) is 6.92 Å². The number of amides is 2. The van der Waals surface area contributed by atoms with Gasteiger partial charge in [0, 0.05) is 6.08 Å². The van der Waals surface area contributed by atoms with Crippen molar-refractivity contribution < 1.29 is 9.59 Å². The molecule has 3 rings (SSSR count). The van der Waals surface area contributed by atoms with E-state index in [4.69, 9.17) is 11.6 Å². The molecule has 0 unspecified atom stereocenters. The summed E-state index contributed by atoms with van der Waals surface area (Å²) in [4.78, 5) is 28.8. The Hall–Kier alpha value is -2.96. The number of carbonyl (C=O) groups is 2. The zero-order valence-electron chi connectivity index (χ0n) is 14.4. The van der Waals surface area contributed by atoms with E-state index in [1.165, 1.54) is 12.3 Å². The fraction of sp³-hybridized carbons (Fsp3) is 0.0500. The van der Waals surface area contributed by atoms with Crippen LogP contribution >= 0.6 is 22.9 Å². The molecule has 27 heavy (non-hydrogen) atoms. The van der Waals surface area contributed by atoms with Gasteiger partial charge in [-0.25, -0.2) is 4.98 Å². The minimum Gasteiger partial charge on any atom is -0.320 e. The zero-order valence-corrected chi connectivity index (χ0v) is 16.0. The average molecular weight is 398 g/mol. The summed E-state index contributed by atoms with van der Waals surface area (Å²) in [6.07, 6.45) is 4.54. The minimum atomic E-state index is -0.330. The van der Waals surface area contributed by atoms with E-state index >= 15 is 0 Å². The molecule has 0 aliphatic carbocycles. The smallest absolute Gasteiger partial charge is 0.267 e. The number of halogens is 1. The SMILES string of the molecule is Cc1cccc(Cl)c1NC(=O)c1cnc(NC(=O)/C=C/c2ccccc2)s1. The molecule has 0 aliphatic heterocycles. The van der Waals surface area contributed by atoms with Crippen LogP contribution in [-0.4, -0.2) is 16.8 Å². The number of hydrogen-bond acceptors (Lipinski definition) is 4. The summed E-state index contributed by atoms with van der Waals surface area (Å²) < 4.78 is 0. The lowest BCUT2D eigenvalue weighted by molar-refractivity contribution is -0.111. The fourth-order valence-corrected chi connectivity index (χ4v) is 3.27. The van der Waals surface area contributed by atoms with Crippen molar-refractivity contribution in [1.29, 1.82) is 0 Å². The number of hydrogen-bond donors (Lipinski definition) is 2. The molecule has 0 saturated heterocycles. The van der Waals surface area contributed by atoms with Crippen LogP contribution in [0.1, 0.15) is 20.8 Å². The number of anilines is 2. The van der Waals surface area contributed by atoms with Crippen LogP contribution in [0.4, 0.5) is 10.8 Å². The van der Waals surface area contributed by atoms with Gasteiger partial charge in [-0.2, -0.15) is 0 Å². The molecule has 0 fully saturated rings. The zero-order chi connectivity index (χ0) is 19.2. The standard InChI is InChI=1S/C20H16ClN3O2S/c1-13-6-5-9-15(21)18(13)24-19(26)16-12-22-20(27-16)23-17(25)11-10-14-7-3-2-4-8-14/h2-12H,1H3,(H,24,26)(H,22,23,25)/b11-10+. The summed E-state index contributed by atoms with van der Waals surface area (Å²) in [5.41, 5.74) is 2.34. The van der Waals surface area contributed by atoms with Gasteiger partial charge in [0.25, 0.3) is 5.91 Å². The van der Waals surface area contributed by atoms with E-state index in [1.54, 1.807) is 12.1 Å². The van der Waals surface area contributed by atoms with E-state index in [9.17, 15) is 9.59 Å². The van der Waals surface area contributed by atoms with Gasteiger partial charge in [0.05, 0.1) is 16.9 Å². The van der Waals surface area contributed by atoms with Crippen LogP contribution < -0.4 is 10.6 Å². The second-order valence-corrected chi connectivity index (χ2v) is 7.09. The van der Waals surface area contributed by atoms with Crippen LogP contribution in [0.2, 0.25) is 5.02 Å². The molecule has 7 heteroatoms. The van der Waals surface area contributed by atoms with Gasteiger partial charge in [-0.05, 0) is 30.2 Å². The predicted octanol–water partition coefficient (Wildman–Crippen LogP) is 5.01. The van der Waals surface area contributed by atoms with E-state index in [1.807, 2.05) is 49.4 Å². The van der Waals surface area contributed by atoms with Crippen molar-refractivity contribution in [2.24, 2.45) is 0 Å².